The zero-order valence-corrected chi connectivity index (χ0v) is 19.7. The minimum atomic E-state index is -1.81. The van der Waals surface area contributed by atoms with Gasteiger partial charge in [-0.05, 0) is 47.4 Å². The number of rotatable bonds is 9. The van der Waals surface area contributed by atoms with Gasteiger partial charge in [0.2, 0.25) is 0 Å². The predicted molar refractivity (Wildman–Crippen MR) is 131 cm³/mol. The van der Waals surface area contributed by atoms with Gasteiger partial charge in [0.05, 0.1) is 6.54 Å². The number of hydrogen-bond donors (Lipinski definition) is 1. The van der Waals surface area contributed by atoms with Crippen LogP contribution in [0.15, 0.2) is 85.5 Å². The zero-order chi connectivity index (χ0) is 24.8. The van der Waals surface area contributed by atoms with Crippen molar-refractivity contribution in [3.05, 3.63) is 119 Å². The molecule has 3 aromatic carbocycles. The minimum Gasteiger partial charge on any atom is -0.490 e. The second-order valence-electron chi connectivity index (χ2n) is 8.31. The fourth-order valence-corrected chi connectivity index (χ4v) is 3.79. The van der Waals surface area contributed by atoms with E-state index in [1.165, 1.54) is 23.4 Å². The Morgan fingerprint density at radius 2 is 1.83 bits per heavy atom. The molecule has 5 nitrogen and oxygen atoms in total. The van der Waals surface area contributed by atoms with Crippen LogP contribution in [0, 0.1) is 11.6 Å². The molecule has 0 spiro atoms. The molecule has 0 radical (unpaired) electrons. The largest absolute Gasteiger partial charge is 0.490 e. The van der Waals surface area contributed by atoms with E-state index in [4.69, 9.17) is 16.3 Å². The van der Waals surface area contributed by atoms with Gasteiger partial charge in [0.1, 0.15) is 42.2 Å². The molecule has 35 heavy (non-hydrogen) atoms. The van der Waals surface area contributed by atoms with E-state index in [0.717, 1.165) is 23.3 Å². The van der Waals surface area contributed by atoms with Gasteiger partial charge in [-0.25, -0.2) is 18.4 Å². The number of aromatic nitrogens is 3. The second-order valence-corrected chi connectivity index (χ2v) is 8.74. The number of ether oxygens (including phenoxy) is 1. The van der Waals surface area contributed by atoms with Crippen molar-refractivity contribution in [2.24, 2.45) is 0 Å². The summed E-state index contributed by atoms with van der Waals surface area (Å²) in [6.07, 6.45) is 6.84. The lowest BCUT2D eigenvalue weighted by Crippen LogP contribution is -2.39. The first-order valence-corrected chi connectivity index (χ1v) is 11.4. The molecular formula is C27H24ClF2N3O2. The van der Waals surface area contributed by atoms with Crippen LogP contribution in [0.25, 0.3) is 6.08 Å². The Balaban J connectivity index is 1.46. The average molecular weight is 496 g/mol. The fraction of sp³-hybridized carbons (Fsp3) is 0.185. The van der Waals surface area contributed by atoms with Gasteiger partial charge in [-0.3, -0.25) is 0 Å². The van der Waals surface area contributed by atoms with E-state index in [-0.39, 0.29) is 24.6 Å². The Kier molecular flexibility index (Phi) is 7.58. The third-order valence-corrected chi connectivity index (χ3v) is 5.91. The third-order valence-electron chi connectivity index (χ3n) is 5.65. The van der Waals surface area contributed by atoms with Crippen LogP contribution in [0.3, 0.4) is 0 Å². The van der Waals surface area contributed by atoms with Crippen molar-refractivity contribution < 1.29 is 18.6 Å². The zero-order valence-electron chi connectivity index (χ0n) is 19.0. The lowest BCUT2D eigenvalue weighted by atomic mass is 9.94. The molecule has 0 bridgehead atoms. The number of halogens is 3. The van der Waals surface area contributed by atoms with Gasteiger partial charge in [-0.2, -0.15) is 5.10 Å². The highest BCUT2D eigenvalue weighted by Crippen LogP contribution is 2.29. The molecule has 4 aromatic rings. The summed E-state index contributed by atoms with van der Waals surface area (Å²) in [5.41, 5.74) is 0.233. The Labute approximate surface area is 207 Å². The van der Waals surface area contributed by atoms with Gasteiger partial charge >= 0.3 is 0 Å². The Morgan fingerprint density at radius 3 is 2.49 bits per heavy atom. The highest BCUT2D eigenvalue weighted by molar-refractivity contribution is 6.30. The molecule has 8 heteroatoms. The van der Waals surface area contributed by atoms with Crippen LogP contribution in [0.5, 0.6) is 5.75 Å². The van der Waals surface area contributed by atoms with Crippen molar-refractivity contribution in [2.75, 3.05) is 6.61 Å². The SMILES string of the molecule is CC(C=Cc1ccc(Cl)cc1)c1ccc(OCC(O)(Cn2cncn2)c2ccc(F)cc2F)cc1. The van der Waals surface area contributed by atoms with Crippen molar-refractivity contribution in [2.45, 2.75) is 25.0 Å². The van der Waals surface area contributed by atoms with Crippen LogP contribution in [-0.4, -0.2) is 26.5 Å². The van der Waals surface area contributed by atoms with Crippen molar-refractivity contribution in [3.8, 4) is 5.75 Å². The summed E-state index contributed by atoms with van der Waals surface area (Å²) in [5.74, 6) is -0.947. The van der Waals surface area contributed by atoms with E-state index >= 15 is 0 Å². The van der Waals surface area contributed by atoms with E-state index in [0.29, 0.717) is 10.8 Å². The van der Waals surface area contributed by atoms with Crippen LogP contribution in [0.4, 0.5) is 8.78 Å². The highest BCUT2D eigenvalue weighted by Gasteiger charge is 2.34. The van der Waals surface area contributed by atoms with Gasteiger partial charge in [0.15, 0.2) is 0 Å². The Morgan fingerprint density at radius 1 is 1.09 bits per heavy atom. The van der Waals surface area contributed by atoms with E-state index in [9.17, 15) is 13.9 Å². The number of allylic oxidation sites excluding steroid dienone is 1. The molecule has 0 fully saturated rings. The first-order valence-electron chi connectivity index (χ1n) is 11.0. The normalized spacial score (nSPS) is 14.1. The second kappa shape index (κ2) is 10.8. The molecule has 0 aliphatic heterocycles. The van der Waals surface area contributed by atoms with Crippen LogP contribution in [-0.2, 0) is 12.1 Å². The third kappa shape index (κ3) is 6.32. The van der Waals surface area contributed by atoms with Crippen LogP contribution in [0.1, 0.15) is 29.5 Å². The van der Waals surface area contributed by atoms with E-state index < -0.39 is 17.2 Å². The summed E-state index contributed by atoms with van der Waals surface area (Å²) >= 11 is 5.93. The number of benzene rings is 3. The van der Waals surface area contributed by atoms with Gasteiger partial charge < -0.3 is 9.84 Å². The number of hydrogen-bond acceptors (Lipinski definition) is 4. The molecule has 180 valence electrons. The maximum Gasteiger partial charge on any atom is 0.146 e. The summed E-state index contributed by atoms with van der Waals surface area (Å²) < 4.78 is 35.2. The molecular weight excluding hydrogens is 472 g/mol. The van der Waals surface area contributed by atoms with Gasteiger partial charge in [0, 0.05) is 16.7 Å². The molecule has 0 aliphatic rings. The topological polar surface area (TPSA) is 60.2 Å². The molecule has 0 amide bonds. The predicted octanol–water partition coefficient (Wildman–Crippen LogP) is 5.99. The van der Waals surface area contributed by atoms with Crippen molar-refractivity contribution in [3.63, 3.8) is 0 Å². The Bertz CT molecular complexity index is 1280. The maximum atomic E-state index is 14.5. The van der Waals surface area contributed by atoms with Crippen molar-refractivity contribution >= 4 is 17.7 Å². The lowest BCUT2D eigenvalue weighted by Gasteiger charge is -2.29. The molecule has 0 aliphatic carbocycles. The van der Waals surface area contributed by atoms with E-state index in [2.05, 4.69) is 23.1 Å². The standard InChI is InChI=1S/C27H24ClF2N3O2/c1-19(2-3-20-4-8-22(28)9-5-20)21-6-11-24(12-7-21)35-16-27(34,15-33-18-31-17-32-33)25-13-10-23(29)14-26(25)30/h2-14,17-19,34H,15-16H2,1H3. The highest BCUT2D eigenvalue weighted by atomic mass is 35.5. The number of nitrogens with zero attached hydrogens (tertiary/aromatic N) is 3. The summed E-state index contributed by atoms with van der Waals surface area (Å²) in [7, 11) is 0. The van der Waals surface area contributed by atoms with Gasteiger partial charge in [0.25, 0.3) is 0 Å². The molecule has 2 atom stereocenters. The summed E-state index contributed by atoms with van der Waals surface area (Å²) in [6.45, 7) is 1.68. The van der Waals surface area contributed by atoms with E-state index in [1.54, 1.807) is 12.1 Å². The van der Waals surface area contributed by atoms with Crippen molar-refractivity contribution in [1.82, 2.24) is 14.8 Å². The molecule has 1 aromatic heterocycles. The Hall–Kier alpha value is -3.55. The summed E-state index contributed by atoms with van der Waals surface area (Å²) in [5, 5.41) is 16.0. The van der Waals surface area contributed by atoms with Crippen molar-refractivity contribution in [1.29, 1.82) is 0 Å². The minimum absolute atomic E-state index is 0.0908. The average Bonchev–Trinajstić information content (AvgIpc) is 3.35. The first-order chi connectivity index (χ1) is 16.8. The van der Waals surface area contributed by atoms with Gasteiger partial charge in [-0.1, -0.05) is 61.0 Å². The van der Waals surface area contributed by atoms with Crippen LogP contribution < -0.4 is 4.74 Å². The van der Waals surface area contributed by atoms with Crippen LogP contribution in [0.2, 0.25) is 5.02 Å². The first kappa shape index (κ1) is 24.6. The fourth-order valence-electron chi connectivity index (χ4n) is 3.67. The number of aliphatic hydroxyl groups is 1. The lowest BCUT2D eigenvalue weighted by molar-refractivity contribution is -0.0297. The molecule has 1 heterocycles. The molecule has 0 saturated carbocycles. The summed E-state index contributed by atoms with van der Waals surface area (Å²) in [4.78, 5) is 3.85. The smallest absolute Gasteiger partial charge is 0.146 e. The molecule has 4 rings (SSSR count). The summed E-state index contributed by atoms with van der Waals surface area (Å²) in [6, 6.07) is 18.1. The van der Waals surface area contributed by atoms with E-state index in [1.807, 2.05) is 42.5 Å². The molecule has 2 unspecified atom stereocenters. The van der Waals surface area contributed by atoms with Gasteiger partial charge in [-0.15, -0.1) is 0 Å². The molecule has 1 N–H and O–H groups in total. The van der Waals surface area contributed by atoms with Crippen LogP contribution >= 0.6 is 11.6 Å². The molecule has 0 saturated heterocycles. The monoisotopic (exact) mass is 495 g/mol. The maximum absolute atomic E-state index is 14.5. The quantitative estimate of drug-likeness (QED) is 0.310.